The van der Waals surface area contributed by atoms with Crippen molar-refractivity contribution < 1.29 is 0 Å². The molecular formula is C14H29N. The Morgan fingerprint density at radius 3 is 2.40 bits per heavy atom. The molecule has 1 saturated carbocycles. The van der Waals surface area contributed by atoms with Crippen LogP contribution in [0.3, 0.4) is 0 Å². The fourth-order valence-electron chi connectivity index (χ4n) is 2.55. The third kappa shape index (κ3) is 4.55. The van der Waals surface area contributed by atoms with Gasteiger partial charge in [0.15, 0.2) is 0 Å². The van der Waals surface area contributed by atoms with E-state index >= 15 is 0 Å². The van der Waals surface area contributed by atoms with Gasteiger partial charge in [-0.2, -0.15) is 0 Å². The summed E-state index contributed by atoms with van der Waals surface area (Å²) in [6, 6.07) is 0. The number of unbranched alkanes of at least 4 members (excludes halogenated alkanes) is 2. The van der Waals surface area contributed by atoms with E-state index in [1.54, 1.807) is 0 Å². The third-order valence-electron chi connectivity index (χ3n) is 3.87. The van der Waals surface area contributed by atoms with E-state index < -0.39 is 0 Å². The summed E-state index contributed by atoms with van der Waals surface area (Å²) < 4.78 is 0. The molecule has 1 nitrogen and oxygen atoms in total. The maximum Gasteiger partial charge on any atom is 0.000781 e. The van der Waals surface area contributed by atoms with Gasteiger partial charge in [-0.05, 0) is 43.6 Å². The van der Waals surface area contributed by atoms with Gasteiger partial charge in [0.05, 0.1) is 0 Å². The molecule has 0 heterocycles. The fourth-order valence-corrected chi connectivity index (χ4v) is 2.55. The molecule has 15 heavy (non-hydrogen) atoms. The van der Waals surface area contributed by atoms with Crippen LogP contribution in [0.25, 0.3) is 0 Å². The van der Waals surface area contributed by atoms with E-state index in [1.807, 2.05) is 0 Å². The van der Waals surface area contributed by atoms with Crippen molar-refractivity contribution in [3.05, 3.63) is 0 Å². The zero-order chi connectivity index (χ0) is 11.1. The molecule has 1 rings (SSSR count). The van der Waals surface area contributed by atoms with Crippen molar-refractivity contribution >= 4 is 0 Å². The van der Waals surface area contributed by atoms with Crippen LogP contribution in [0.15, 0.2) is 0 Å². The minimum Gasteiger partial charge on any atom is -0.316 e. The predicted molar refractivity (Wildman–Crippen MR) is 68.1 cm³/mol. The quantitative estimate of drug-likeness (QED) is 0.569. The lowest BCUT2D eigenvalue weighted by Crippen LogP contribution is -2.34. The summed E-state index contributed by atoms with van der Waals surface area (Å²) in [6.45, 7) is 9.48. The smallest absolute Gasteiger partial charge is 0.000781 e. The van der Waals surface area contributed by atoms with E-state index in [2.05, 4.69) is 26.1 Å². The van der Waals surface area contributed by atoms with E-state index in [-0.39, 0.29) is 0 Å². The van der Waals surface area contributed by atoms with Crippen molar-refractivity contribution in [1.82, 2.24) is 5.32 Å². The first-order valence-corrected chi connectivity index (χ1v) is 6.93. The van der Waals surface area contributed by atoms with Crippen molar-refractivity contribution in [1.29, 1.82) is 0 Å². The van der Waals surface area contributed by atoms with Gasteiger partial charge in [-0.15, -0.1) is 0 Å². The normalized spacial score (nSPS) is 20.2. The first-order chi connectivity index (χ1) is 7.23. The van der Waals surface area contributed by atoms with Crippen LogP contribution < -0.4 is 5.32 Å². The van der Waals surface area contributed by atoms with Gasteiger partial charge >= 0.3 is 0 Å². The average Bonchev–Trinajstić information content (AvgIpc) is 3.02. The zero-order valence-corrected chi connectivity index (χ0v) is 10.9. The van der Waals surface area contributed by atoms with Gasteiger partial charge in [0.1, 0.15) is 0 Å². The number of hydrogen-bond donors (Lipinski definition) is 1. The SMILES string of the molecule is CCCCCC(C)(CNCCC)C1CC1. The molecule has 90 valence electrons. The van der Waals surface area contributed by atoms with Gasteiger partial charge in [-0.1, -0.05) is 40.0 Å². The summed E-state index contributed by atoms with van der Waals surface area (Å²) in [7, 11) is 0. The van der Waals surface area contributed by atoms with Gasteiger partial charge in [0, 0.05) is 6.54 Å². The molecule has 0 bridgehead atoms. The lowest BCUT2D eigenvalue weighted by atomic mass is 9.79. The summed E-state index contributed by atoms with van der Waals surface area (Å²) >= 11 is 0. The van der Waals surface area contributed by atoms with Crippen molar-refractivity contribution in [2.24, 2.45) is 11.3 Å². The molecular weight excluding hydrogens is 182 g/mol. The predicted octanol–water partition coefficient (Wildman–Crippen LogP) is 3.98. The highest BCUT2D eigenvalue weighted by molar-refractivity contribution is 4.92. The number of rotatable bonds is 9. The summed E-state index contributed by atoms with van der Waals surface area (Å²) in [5.41, 5.74) is 0.602. The highest BCUT2D eigenvalue weighted by atomic mass is 14.9. The molecule has 1 atom stereocenters. The van der Waals surface area contributed by atoms with Crippen molar-refractivity contribution in [2.75, 3.05) is 13.1 Å². The molecule has 0 aliphatic heterocycles. The Balaban J connectivity index is 2.25. The first-order valence-electron chi connectivity index (χ1n) is 6.93. The van der Waals surface area contributed by atoms with Gasteiger partial charge in [-0.25, -0.2) is 0 Å². The second kappa shape index (κ2) is 6.52. The largest absolute Gasteiger partial charge is 0.316 e. The standard InChI is InChI=1S/C14H29N/c1-4-6-7-10-14(3,13-8-9-13)12-15-11-5-2/h13,15H,4-12H2,1-3H3. The van der Waals surface area contributed by atoms with Crippen LogP contribution >= 0.6 is 0 Å². The molecule has 0 aromatic rings. The molecule has 0 amide bonds. The van der Waals surface area contributed by atoms with Crippen molar-refractivity contribution in [3.63, 3.8) is 0 Å². The Morgan fingerprint density at radius 1 is 1.13 bits per heavy atom. The molecule has 1 aliphatic rings. The van der Waals surface area contributed by atoms with E-state index in [9.17, 15) is 0 Å². The Bertz CT molecular complexity index is 151. The van der Waals surface area contributed by atoms with Gasteiger partial charge < -0.3 is 5.32 Å². The number of nitrogens with one attached hydrogen (secondary N) is 1. The van der Waals surface area contributed by atoms with Gasteiger partial charge in [0.25, 0.3) is 0 Å². The molecule has 0 aromatic carbocycles. The average molecular weight is 211 g/mol. The second-order valence-corrected chi connectivity index (χ2v) is 5.56. The highest BCUT2D eigenvalue weighted by Crippen LogP contribution is 2.48. The maximum absolute atomic E-state index is 3.62. The maximum atomic E-state index is 3.62. The molecule has 1 fully saturated rings. The lowest BCUT2D eigenvalue weighted by Gasteiger charge is -2.30. The van der Waals surface area contributed by atoms with E-state index in [0.717, 1.165) is 5.92 Å². The minimum atomic E-state index is 0.602. The Hall–Kier alpha value is -0.0400. The molecule has 0 aromatic heterocycles. The second-order valence-electron chi connectivity index (χ2n) is 5.56. The Kier molecular flexibility index (Phi) is 5.66. The summed E-state index contributed by atoms with van der Waals surface area (Å²) in [5, 5.41) is 3.62. The van der Waals surface area contributed by atoms with Crippen LogP contribution in [0.5, 0.6) is 0 Å². The molecule has 0 spiro atoms. The zero-order valence-electron chi connectivity index (χ0n) is 10.9. The van der Waals surface area contributed by atoms with E-state index in [4.69, 9.17) is 0 Å². The van der Waals surface area contributed by atoms with Crippen LogP contribution in [0.2, 0.25) is 0 Å². The molecule has 1 unspecified atom stereocenters. The molecule has 0 radical (unpaired) electrons. The fraction of sp³-hybridized carbons (Fsp3) is 1.00. The first kappa shape index (κ1) is 13.0. The van der Waals surface area contributed by atoms with Gasteiger partial charge in [0.2, 0.25) is 0 Å². The number of hydrogen-bond acceptors (Lipinski definition) is 1. The molecule has 1 heteroatoms. The topological polar surface area (TPSA) is 12.0 Å². The minimum absolute atomic E-state index is 0.602. The monoisotopic (exact) mass is 211 g/mol. The summed E-state index contributed by atoms with van der Waals surface area (Å²) in [6.07, 6.45) is 9.85. The summed E-state index contributed by atoms with van der Waals surface area (Å²) in [5.74, 6) is 1.03. The molecule has 1 N–H and O–H groups in total. The van der Waals surface area contributed by atoms with Crippen LogP contribution in [0.4, 0.5) is 0 Å². The third-order valence-corrected chi connectivity index (χ3v) is 3.87. The summed E-state index contributed by atoms with van der Waals surface area (Å²) in [4.78, 5) is 0. The van der Waals surface area contributed by atoms with Crippen LogP contribution in [-0.4, -0.2) is 13.1 Å². The van der Waals surface area contributed by atoms with Gasteiger partial charge in [-0.3, -0.25) is 0 Å². The van der Waals surface area contributed by atoms with E-state index in [1.165, 1.54) is 58.0 Å². The Labute approximate surface area is 96.0 Å². The van der Waals surface area contributed by atoms with Crippen LogP contribution in [0.1, 0.15) is 65.7 Å². The lowest BCUT2D eigenvalue weighted by molar-refractivity contribution is 0.229. The van der Waals surface area contributed by atoms with Crippen LogP contribution in [0, 0.1) is 11.3 Å². The molecule has 1 aliphatic carbocycles. The van der Waals surface area contributed by atoms with Crippen molar-refractivity contribution in [3.8, 4) is 0 Å². The molecule has 0 saturated heterocycles. The Morgan fingerprint density at radius 2 is 1.87 bits per heavy atom. The van der Waals surface area contributed by atoms with Crippen LogP contribution in [-0.2, 0) is 0 Å². The highest BCUT2D eigenvalue weighted by Gasteiger charge is 2.40. The van der Waals surface area contributed by atoms with E-state index in [0.29, 0.717) is 5.41 Å². The van der Waals surface area contributed by atoms with Crippen molar-refractivity contribution in [2.45, 2.75) is 65.7 Å².